The monoisotopic (exact) mass is 316 g/mol. The molecule has 1 amide bonds. The molecule has 1 aliphatic rings. The first-order valence-electron chi connectivity index (χ1n) is 7.74. The molecule has 0 N–H and O–H groups in total. The number of carbonyl (C=O) groups is 1. The zero-order chi connectivity index (χ0) is 16.2. The van der Waals surface area contributed by atoms with E-state index in [2.05, 4.69) is 15.1 Å². The lowest BCUT2D eigenvalue weighted by Crippen LogP contribution is -2.46. The minimum Gasteiger partial charge on any atom is -0.375 e. The molecule has 3 heterocycles. The van der Waals surface area contributed by atoms with Crippen LogP contribution in [0.5, 0.6) is 0 Å². The molecule has 7 nitrogen and oxygen atoms in total. The molecule has 0 aromatic carbocycles. The molecule has 0 radical (unpaired) electrons. The molecule has 122 valence electrons. The van der Waals surface area contributed by atoms with E-state index in [0.717, 1.165) is 18.5 Å². The highest BCUT2D eigenvalue weighted by atomic mass is 16.5. The Morgan fingerprint density at radius 2 is 2.30 bits per heavy atom. The van der Waals surface area contributed by atoms with Gasteiger partial charge in [0.2, 0.25) is 0 Å². The molecule has 1 aliphatic heterocycles. The summed E-state index contributed by atoms with van der Waals surface area (Å²) in [5.41, 5.74) is 2.19. The van der Waals surface area contributed by atoms with Crippen LogP contribution in [-0.2, 0) is 11.2 Å². The van der Waals surface area contributed by atoms with E-state index in [-0.39, 0.29) is 12.0 Å². The maximum atomic E-state index is 12.7. The molecule has 0 spiro atoms. The highest BCUT2D eigenvalue weighted by molar-refractivity contribution is 5.96. The summed E-state index contributed by atoms with van der Waals surface area (Å²) >= 11 is 0. The smallest absolute Gasteiger partial charge is 0.259 e. The van der Waals surface area contributed by atoms with Gasteiger partial charge in [-0.05, 0) is 32.8 Å². The summed E-state index contributed by atoms with van der Waals surface area (Å²) in [5.74, 6) is 0.535. The van der Waals surface area contributed by atoms with Gasteiger partial charge in [-0.25, -0.2) is 9.97 Å². The van der Waals surface area contributed by atoms with Crippen LogP contribution in [0.2, 0.25) is 0 Å². The van der Waals surface area contributed by atoms with Crippen LogP contribution in [0, 0.1) is 13.8 Å². The number of nitrogens with zero attached hydrogens (tertiary/aromatic N) is 4. The lowest BCUT2D eigenvalue weighted by atomic mass is 10.1. The third-order valence-electron chi connectivity index (χ3n) is 4.04. The molecule has 0 aliphatic carbocycles. The molecule has 1 saturated heterocycles. The third-order valence-corrected chi connectivity index (χ3v) is 4.04. The number of aryl methyl sites for hydroxylation is 3. The van der Waals surface area contributed by atoms with Crippen molar-refractivity contribution in [1.29, 1.82) is 0 Å². The first-order valence-corrected chi connectivity index (χ1v) is 7.74. The topological polar surface area (TPSA) is 81.4 Å². The van der Waals surface area contributed by atoms with Gasteiger partial charge in [-0.2, -0.15) is 0 Å². The summed E-state index contributed by atoms with van der Waals surface area (Å²) in [4.78, 5) is 22.6. The van der Waals surface area contributed by atoms with Gasteiger partial charge in [0.05, 0.1) is 18.4 Å². The van der Waals surface area contributed by atoms with Crippen LogP contribution >= 0.6 is 0 Å². The Kier molecular flexibility index (Phi) is 4.66. The van der Waals surface area contributed by atoms with E-state index in [1.54, 1.807) is 26.4 Å². The van der Waals surface area contributed by atoms with Crippen molar-refractivity contribution in [3.05, 3.63) is 41.3 Å². The molecular weight excluding hydrogens is 296 g/mol. The molecule has 0 saturated carbocycles. The number of hydrogen-bond donors (Lipinski definition) is 0. The molecular formula is C16H20N4O3. The molecule has 0 unspecified atom stereocenters. The van der Waals surface area contributed by atoms with Crippen LogP contribution in [0.3, 0.4) is 0 Å². The van der Waals surface area contributed by atoms with Crippen molar-refractivity contribution >= 4 is 5.91 Å². The Balaban J connectivity index is 1.61. The average Bonchev–Trinajstić information content (AvgIpc) is 2.92. The van der Waals surface area contributed by atoms with Gasteiger partial charge < -0.3 is 14.2 Å². The number of hydrogen-bond acceptors (Lipinski definition) is 6. The lowest BCUT2D eigenvalue weighted by Gasteiger charge is -2.33. The van der Waals surface area contributed by atoms with Gasteiger partial charge in [-0.3, -0.25) is 4.79 Å². The van der Waals surface area contributed by atoms with Crippen LogP contribution in [0.25, 0.3) is 0 Å². The number of carbonyl (C=O) groups excluding carboxylic acids is 1. The van der Waals surface area contributed by atoms with E-state index in [4.69, 9.17) is 9.26 Å². The van der Waals surface area contributed by atoms with Gasteiger partial charge in [0.25, 0.3) is 5.91 Å². The maximum Gasteiger partial charge on any atom is 0.259 e. The molecule has 1 fully saturated rings. The summed E-state index contributed by atoms with van der Waals surface area (Å²) < 4.78 is 10.9. The van der Waals surface area contributed by atoms with Gasteiger partial charge in [0.15, 0.2) is 0 Å². The van der Waals surface area contributed by atoms with Gasteiger partial charge in [-0.1, -0.05) is 5.16 Å². The van der Waals surface area contributed by atoms with Crippen molar-refractivity contribution < 1.29 is 14.1 Å². The fourth-order valence-electron chi connectivity index (χ4n) is 2.80. The molecule has 23 heavy (non-hydrogen) atoms. The van der Waals surface area contributed by atoms with Gasteiger partial charge in [0, 0.05) is 25.0 Å². The minimum atomic E-state index is -0.0309. The second-order valence-electron chi connectivity index (χ2n) is 5.68. The Hall–Kier alpha value is -2.28. The summed E-state index contributed by atoms with van der Waals surface area (Å²) in [6.45, 7) is 5.27. The summed E-state index contributed by atoms with van der Waals surface area (Å²) in [5, 5.41) is 3.86. The number of rotatable bonds is 4. The standard InChI is InChI=1S/C16H20N4O3/c1-11-15(12(2)23-19-11)16(21)20-7-8-22-14(9-20)4-3-13-5-6-17-10-18-13/h5-6,10,14H,3-4,7-9H2,1-2H3/t14-/m1/s1. The first-order chi connectivity index (χ1) is 11.1. The summed E-state index contributed by atoms with van der Waals surface area (Å²) in [7, 11) is 0. The van der Waals surface area contributed by atoms with E-state index in [9.17, 15) is 4.79 Å². The van der Waals surface area contributed by atoms with Crippen LogP contribution in [-0.4, -0.2) is 51.7 Å². The van der Waals surface area contributed by atoms with Gasteiger partial charge >= 0.3 is 0 Å². The molecule has 3 rings (SSSR count). The van der Waals surface area contributed by atoms with Crippen molar-refractivity contribution in [1.82, 2.24) is 20.0 Å². The molecule has 0 bridgehead atoms. The summed E-state index contributed by atoms with van der Waals surface area (Å²) in [6.07, 6.45) is 4.92. The molecule has 7 heteroatoms. The zero-order valence-electron chi connectivity index (χ0n) is 13.4. The second-order valence-corrected chi connectivity index (χ2v) is 5.68. The molecule has 2 aromatic heterocycles. The number of morpholine rings is 1. The van der Waals surface area contributed by atoms with Crippen molar-refractivity contribution in [2.75, 3.05) is 19.7 Å². The number of aromatic nitrogens is 3. The van der Waals surface area contributed by atoms with E-state index in [1.165, 1.54) is 0 Å². The first kappa shape index (κ1) is 15.6. The Labute approximate surface area is 134 Å². The fourth-order valence-corrected chi connectivity index (χ4v) is 2.80. The Morgan fingerprint density at radius 1 is 1.43 bits per heavy atom. The van der Waals surface area contributed by atoms with Crippen LogP contribution in [0.15, 0.2) is 23.1 Å². The maximum absolute atomic E-state index is 12.7. The van der Waals surface area contributed by atoms with E-state index >= 15 is 0 Å². The van der Waals surface area contributed by atoms with Crippen molar-refractivity contribution in [2.45, 2.75) is 32.8 Å². The number of ether oxygens (including phenoxy) is 1. The Morgan fingerprint density at radius 3 is 3.00 bits per heavy atom. The molecule has 1 atom stereocenters. The fraction of sp³-hybridized carbons (Fsp3) is 0.500. The van der Waals surface area contributed by atoms with Crippen molar-refractivity contribution in [3.63, 3.8) is 0 Å². The van der Waals surface area contributed by atoms with Crippen LogP contribution in [0.4, 0.5) is 0 Å². The van der Waals surface area contributed by atoms with Gasteiger partial charge in [0.1, 0.15) is 17.7 Å². The van der Waals surface area contributed by atoms with Crippen LogP contribution < -0.4 is 0 Å². The third kappa shape index (κ3) is 3.56. The predicted octanol–water partition coefficient (Wildman–Crippen LogP) is 1.56. The Bertz CT molecular complexity index is 652. The largest absolute Gasteiger partial charge is 0.375 e. The van der Waals surface area contributed by atoms with Crippen molar-refractivity contribution in [3.8, 4) is 0 Å². The van der Waals surface area contributed by atoms with Crippen LogP contribution in [0.1, 0.15) is 33.9 Å². The van der Waals surface area contributed by atoms with Crippen molar-refractivity contribution in [2.24, 2.45) is 0 Å². The average molecular weight is 316 g/mol. The quantitative estimate of drug-likeness (QED) is 0.851. The van der Waals surface area contributed by atoms with E-state index < -0.39 is 0 Å². The lowest BCUT2D eigenvalue weighted by molar-refractivity contribution is -0.0247. The minimum absolute atomic E-state index is 0.0168. The summed E-state index contributed by atoms with van der Waals surface area (Å²) in [6, 6.07) is 1.90. The van der Waals surface area contributed by atoms with E-state index in [0.29, 0.717) is 36.7 Å². The molecule has 2 aromatic rings. The highest BCUT2D eigenvalue weighted by Crippen LogP contribution is 2.18. The normalized spacial score (nSPS) is 18.2. The highest BCUT2D eigenvalue weighted by Gasteiger charge is 2.28. The zero-order valence-corrected chi connectivity index (χ0v) is 13.4. The predicted molar refractivity (Wildman–Crippen MR) is 82.0 cm³/mol. The SMILES string of the molecule is Cc1noc(C)c1C(=O)N1CCO[C@H](CCc2ccncn2)C1. The van der Waals surface area contributed by atoms with Gasteiger partial charge in [-0.15, -0.1) is 0 Å². The van der Waals surface area contributed by atoms with E-state index in [1.807, 2.05) is 11.0 Å². The number of amides is 1. The second kappa shape index (κ2) is 6.87.